The molecule has 0 heterocycles. The van der Waals surface area contributed by atoms with Crippen molar-refractivity contribution in [3.63, 3.8) is 0 Å². The van der Waals surface area contributed by atoms with E-state index in [0.717, 1.165) is 5.56 Å². The van der Waals surface area contributed by atoms with Crippen molar-refractivity contribution >= 4 is 12.1 Å². The zero-order valence-electron chi connectivity index (χ0n) is 18.1. The minimum Gasteiger partial charge on any atom is -0.479 e. The van der Waals surface area contributed by atoms with Crippen molar-refractivity contribution < 1.29 is 28.9 Å². The number of carboxylic acid groups (broad SMARTS) is 1. The summed E-state index contributed by atoms with van der Waals surface area (Å²) in [5, 5.41) is 23.1. The number of carboxylic acids is 1. The van der Waals surface area contributed by atoms with E-state index in [1.165, 1.54) is 18.2 Å². The molecular weight excluding hydrogens is 401 g/mol. The third kappa shape index (κ3) is 7.68. The van der Waals surface area contributed by atoms with Gasteiger partial charge in [-0.3, -0.25) is 0 Å². The van der Waals surface area contributed by atoms with Crippen molar-refractivity contribution in [3.8, 4) is 0 Å². The van der Waals surface area contributed by atoms with Crippen LogP contribution in [-0.4, -0.2) is 39.5 Å². The Morgan fingerprint density at radius 2 is 1.68 bits per heavy atom. The van der Waals surface area contributed by atoms with Crippen molar-refractivity contribution in [3.05, 3.63) is 71.5 Å². The van der Waals surface area contributed by atoms with Crippen LogP contribution < -0.4 is 5.32 Å². The third-order valence-corrected chi connectivity index (χ3v) is 4.79. The molecule has 0 bridgehead atoms. The Labute approximate surface area is 182 Å². The van der Waals surface area contributed by atoms with Crippen LogP contribution in [0.25, 0.3) is 0 Å². The molecule has 6 nitrogen and oxygen atoms in total. The van der Waals surface area contributed by atoms with E-state index in [1.54, 1.807) is 26.8 Å². The minimum atomic E-state index is -1.94. The number of aliphatic hydroxyl groups excluding tert-OH is 1. The first-order valence-electron chi connectivity index (χ1n) is 10.2. The van der Waals surface area contributed by atoms with Gasteiger partial charge in [-0.2, -0.15) is 0 Å². The first kappa shape index (κ1) is 24.3. The van der Waals surface area contributed by atoms with Gasteiger partial charge in [0, 0.05) is 12.8 Å². The predicted octanol–water partition coefficient (Wildman–Crippen LogP) is 4.10. The summed E-state index contributed by atoms with van der Waals surface area (Å²) in [4.78, 5) is 24.8. The maximum absolute atomic E-state index is 14.3. The number of rotatable bonds is 9. The summed E-state index contributed by atoms with van der Waals surface area (Å²) in [5.41, 5.74) is -1.67. The van der Waals surface area contributed by atoms with Crippen LogP contribution in [0.5, 0.6) is 0 Å². The maximum Gasteiger partial charge on any atom is 0.408 e. The Morgan fingerprint density at radius 3 is 2.26 bits per heavy atom. The molecule has 31 heavy (non-hydrogen) atoms. The molecular formula is C24H30FNO5. The molecule has 0 aliphatic carbocycles. The van der Waals surface area contributed by atoms with E-state index < -0.39 is 35.1 Å². The summed E-state index contributed by atoms with van der Waals surface area (Å²) in [5.74, 6) is -1.96. The summed E-state index contributed by atoms with van der Waals surface area (Å²) in [7, 11) is 0. The SMILES string of the molecule is CC(C)(C)OC(=O)N[C@](Cc1ccccc1F)(C[C@@H](O)CCc1ccccc1)C(=O)O. The van der Waals surface area contributed by atoms with E-state index in [0.29, 0.717) is 6.42 Å². The highest BCUT2D eigenvalue weighted by Crippen LogP contribution is 2.25. The molecule has 0 fully saturated rings. The lowest BCUT2D eigenvalue weighted by molar-refractivity contribution is -0.146. The van der Waals surface area contributed by atoms with Crippen LogP contribution in [0, 0.1) is 5.82 Å². The fourth-order valence-electron chi connectivity index (χ4n) is 3.33. The molecule has 7 heteroatoms. The Kier molecular flexibility index (Phi) is 8.16. The summed E-state index contributed by atoms with van der Waals surface area (Å²) in [6.07, 6.45) is -1.81. The Balaban J connectivity index is 2.26. The Bertz CT molecular complexity index is 881. The first-order valence-corrected chi connectivity index (χ1v) is 10.2. The number of carbonyl (C=O) groups is 2. The maximum atomic E-state index is 14.3. The number of alkyl carbamates (subject to hydrolysis) is 1. The number of halogens is 1. The number of ether oxygens (including phenoxy) is 1. The number of nitrogens with one attached hydrogen (secondary N) is 1. The van der Waals surface area contributed by atoms with Gasteiger partial charge in [0.2, 0.25) is 0 Å². The van der Waals surface area contributed by atoms with Gasteiger partial charge in [-0.25, -0.2) is 14.0 Å². The number of hydrogen-bond donors (Lipinski definition) is 3. The predicted molar refractivity (Wildman–Crippen MR) is 115 cm³/mol. The van der Waals surface area contributed by atoms with Crippen LogP contribution in [0.1, 0.15) is 44.7 Å². The molecule has 2 aromatic carbocycles. The lowest BCUT2D eigenvalue weighted by Gasteiger charge is -2.33. The summed E-state index contributed by atoms with van der Waals surface area (Å²) in [6, 6.07) is 15.2. The average molecular weight is 432 g/mol. The van der Waals surface area contributed by atoms with Crippen LogP contribution in [-0.2, 0) is 22.4 Å². The van der Waals surface area contributed by atoms with Crippen molar-refractivity contribution in [1.29, 1.82) is 0 Å². The van der Waals surface area contributed by atoms with Gasteiger partial charge >= 0.3 is 12.1 Å². The minimum absolute atomic E-state index is 0.121. The number of carbonyl (C=O) groups excluding carboxylic acids is 1. The third-order valence-electron chi connectivity index (χ3n) is 4.79. The monoisotopic (exact) mass is 431 g/mol. The lowest BCUT2D eigenvalue weighted by atomic mass is 9.84. The molecule has 0 aromatic heterocycles. The number of aliphatic carboxylic acids is 1. The molecule has 0 unspecified atom stereocenters. The number of aryl methyl sites for hydroxylation is 1. The van der Waals surface area contributed by atoms with Gasteiger partial charge in [0.25, 0.3) is 0 Å². The second-order valence-electron chi connectivity index (χ2n) is 8.66. The van der Waals surface area contributed by atoms with Crippen molar-refractivity contribution in [2.75, 3.05) is 0 Å². The highest BCUT2D eigenvalue weighted by atomic mass is 19.1. The van der Waals surface area contributed by atoms with E-state index in [1.807, 2.05) is 30.3 Å². The smallest absolute Gasteiger partial charge is 0.408 e. The fourth-order valence-corrected chi connectivity index (χ4v) is 3.33. The largest absolute Gasteiger partial charge is 0.479 e. The van der Waals surface area contributed by atoms with E-state index >= 15 is 0 Å². The zero-order valence-corrected chi connectivity index (χ0v) is 18.1. The molecule has 2 aromatic rings. The summed E-state index contributed by atoms with van der Waals surface area (Å²) >= 11 is 0. The number of benzene rings is 2. The molecule has 2 rings (SSSR count). The molecule has 3 N–H and O–H groups in total. The van der Waals surface area contributed by atoms with Crippen LogP contribution >= 0.6 is 0 Å². The highest BCUT2D eigenvalue weighted by molar-refractivity contribution is 5.85. The lowest BCUT2D eigenvalue weighted by Crippen LogP contribution is -2.58. The summed E-state index contributed by atoms with van der Waals surface area (Å²) < 4.78 is 19.5. The van der Waals surface area contributed by atoms with Gasteiger partial charge in [0.1, 0.15) is 17.0 Å². The number of hydrogen-bond acceptors (Lipinski definition) is 4. The van der Waals surface area contributed by atoms with Crippen LogP contribution in [0.2, 0.25) is 0 Å². The van der Waals surface area contributed by atoms with Crippen molar-refractivity contribution in [2.45, 2.75) is 63.7 Å². The van der Waals surface area contributed by atoms with Crippen molar-refractivity contribution in [1.82, 2.24) is 5.32 Å². The quantitative estimate of drug-likeness (QED) is 0.556. The normalized spacial score (nSPS) is 14.4. The van der Waals surface area contributed by atoms with Gasteiger partial charge in [0.15, 0.2) is 0 Å². The molecule has 168 valence electrons. The molecule has 0 aliphatic heterocycles. The molecule has 0 spiro atoms. The van der Waals surface area contributed by atoms with E-state index in [4.69, 9.17) is 4.74 Å². The summed E-state index contributed by atoms with van der Waals surface area (Å²) in [6.45, 7) is 4.96. The van der Waals surface area contributed by atoms with Gasteiger partial charge < -0.3 is 20.3 Å². The van der Waals surface area contributed by atoms with Crippen LogP contribution in [0.3, 0.4) is 0 Å². The fraction of sp³-hybridized carbons (Fsp3) is 0.417. The first-order chi connectivity index (χ1) is 14.5. The molecule has 0 saturated carbocycles. The zero-order chi connectivity index (χ0) is 23.1. The molecule has 0 aliphatic rings. The second-order valence-corrected chi connectivity index (χ2v) is 8.66. The molecule has 1 amide bonds. The number of amides is 1. The van der Waals surface area contributed by atoms with Crippen molar-refractivity contribution in [2.24, 2.45) is 0 Å². The van der Waals surface area contributed by atoms with Crippen LogP contribution in [0.15, 0.2) is 54.6 Å². The molecule has 0 radical (unpaired) electrons. The van der Waals surface area contributed by atoms with E-state index in [9.17, 15) is 24.2 Å². The Morgan fingerprint density at radius 1 is 1.06 bits per heavy atom. The highest BCUT2D eigenvalue weighted by Gasteiger charge is 2.43. The topological polar surface area (TPSA) is 95.9 Å². The van der Waals surface area contributed by atoms with E-state index in [-0.39, 0.29) is 24.8 Å². The Hall–Kier alpha value is -2.93. The second kappa shape index (κ2) is 10.4. The van der Waals surface area contributed by atoms with Gasteiger partial charge in [-0.05, 0) is 50.8 Å². The van der Waals surface area contributed by atoms with E-state index in [2.05, 4.69) is 5.32 Å². The average Bonchev–Trinajstić information content (AvgIpc) is 2.67. The number of aliphatic hydroxyl groups is 1. The van der Waals surface area contributed by atoms with Gasteiger partial charge in [-0.1, -0.05) is 48.5 Å². The molecule has 0 saturated heterocycles. The molecule has 2 atom stereocenters. The van der Waals surface area contributed by atoms with Gasteiger partial charge in [0.05, 0.1) is 6.10 Å². The van der Waals surface area contributed by atoms with Crippen LogP contribution in [0.4, 0.5) is 9.18 Å². The standard InChI is InChI=1S/C24H30FNO5/c1-23(2,3)31-22(30)26-24(21(28)29,15-18-11-7-8-12-20(18)25)16-19(27)14-13-17-9-5-4-6-10-17/h4-12,19,27H,13-16H2,1-3H3,(H,26,30)(H,28,29)/t19-,24+/m0/s1. The van der Waals surface area contributed by atoms with Gasteiger partial charge in [-0.15, -0.1) is 0 Å².